The summed E-state index contributed by atoms with van der Waals surface area (Å²) in [6.45, 7) is 4.77. The van der Waals surface area contributed by atoms with E-state index in [-0.39, 0.29) is 12.0 Å². The highest BCUT2D eigenvalue weighted by atomic mass is 32.2. The first-order valence-electron chi connectivity index (χ1n) is 14.8. The molecule has 0 radical (unpaired) electrons. The third-order valence-corrected chi connectivity index (χ3v) is 9.56. The maximum atomic E-state index is 13.4. The molecule has 0 heterocycles. The average Bonchev–Trinajstić information content (AvgIpc) is 2.96. The van der Waals surface area contributed by atoms with Crippen LogP contribution in [0.2, 0.25) is 0 Å². The van der Waals surface area contributed by atoms with Crippen molar-refractivity contribution in [3.8, 4) is 11.1 Å². The Kier molecular flexibility index (Phi) is 14.5. The molecule has 1 aliphatic rings. The fraction of sp³-hybridized carbons (Fsp3) is 0.576. The molecule has 0 aromatic heterocycles. The number of carbonyl (C=O) groups excluding carboxylic acids is 1. The maximum absolute atomic E-state index is 13.4. The van der Waals surface area contributed by atoms with Crippen molar-refractivity contribution in [1.29, 1.82) is 0 Å². The number of aliphatic carboxylic acids is 1. The van der Waals surface area contributed by atoms with Gasteiger partial charge in [0.1, 0.15) is 6.04 Å². The topological polar surface area (TPSA) is 75.6 Å². The molecule has 0 bridgehead atoms. The first-order valence-corrected chi connectivity index (χ1v) is 17.4. The van der Waals surface area contributed by atoms with E-state index in [1.54, 1.807) is 11.8 Å². The second-order valence-corrected chi connectivity index (χ2v) is 13.1. The van der Waals surface area contributed by atoms with E-state index in [1.807, 2.05) is 61.3 Å². The standard InChI is InChI=1S/C33H47NO4S2/c1-4-5-18-40-23-27(20-25-12-7-6-8-13-25)38-22-26-15-16-29(30(21-26)28-14-10-9-11-24(28)2)32(35)34-31(33(36)37)17-19-39-3/h9-11,14-16,21,25,27,31H,4-8,12-13,17-20,22-23H2,1-3H3,(H,34,35)(H,36,37)/t27?,31-/m0/s1. The van der Waals surface area contributed by atoms with Crippen LogP contribution in [0.15, 0.2) is 42.5 Å². The number of ether oxygens (including phenoxy) is 1. The Balaban J connectivity index is 1.80. The van der Waals surface area contributed by atoms with Crippen molar-refractivity contribution in [2.45, 2.75) is 90.4 Å². The number of aryl methyl sites for hydroxylation is 1. The molecule has 2 aromatic carbocycles. The molecule has 1 fully saturated rings. The van der Waals surface area contributed by atoms with Crippen LogP contribution in [0.4, 0.5) is 0 Å². The second-order valence-electron chi connectivity index (χ2n) is 10.9. The van der Waals surface area contributed by atoms with Gasteiger partial charge in [0.2, 0.25) is 0 Å². The molecule has 0 spiro atoms. The second kappa shape index (κ2) is 17.8. The molecule has 1 unspecified atom stereocenters. The summed E-state index contributed by atoms with van der Waals surface area (Å²) in [5.41, 5.74) is 4.36. The van der Waals surface area contributed by atoms with Gasteiger partial charge in [-0.25, -0.2) is 4.79 Å². The van der Waals surface area contributed by atoms with Gasteiger partial charge in [0.05, 0.1) is 12.7 Å². The number of unbranched alkanes of at least 4 members (excludes halogenated alkanes) is 1. The number of nitrogens with one attached hydrogen (secondary N) is 1. The minimum atomic E-state index is -1.01. The summed E-state index contributed by atoms with van der Waals surface area (Å²) in [4.78, 5) is 25.2. The Morgan fingerprint density at radius 1 is 1.07 bits per heavy atom. The molecular weight excluding hydrogens is 539 g/mol. The molecule has 1 aliphatic carbocycles. The van der Waals surface area contributed by atoms with Crippen LogP contribution < -0.4 is 5.32 Å². The highest BCUT2D eigenvalue weighted by molar-refractivity contribution is 7.99. The van der Waals surface area contributed by atoms with E-state index in [9.17, 15) is 14.7 Å². The van der Waals surface area contributed by atoms with Crippen molar-refractivity contribution in [1.82, 2.24) is 5.32 Å². The van der Waals surface area contributed by atoms with Gasteiger partial charge >= 0.3 is 5.97 Å². The summed E-state index contributed by atoms with van der Waals surface area (Å²) in [6, 6.07) is 12.9. The van der Waals surface area contributed by atoms with Crippen molar-refractivity contribution >= 4 is 35.4 Å². The van der Waals surface area contributed by atoms with Crippen LogP contribution in [0.1, 0.15) is 86.2 Å². The molecule has 2 atom stereocenters. The Labute approximate surface area is 249 Å². The number of carboxylic acid groups (broad SMARTS) is 1. The summed E-state index contributed by atoms with van der Waals surface area (Å²) in [6.07, 6.45) is 12.8. The third kappa shape index (κ3) is 10.5. The summed E-state index contributed by atoms with van der Waals surface area (Å²) >= 11 is 3.57. The first-order chi connectivity index (χ1) is 19.4. The predicted molar refractivity (Wildman–Crippen MR) is 171 cm³/mol. The summed E-state index contributed by atoms with van der Waals surface area (Å²) in [5.74, 6) is 2.25. The lowest BCUT2D eigenvalue weighted by atomic mass is 9.85. The molecular formula is C33H47NO4S2. The minimum absolute atomic E-state index is 0.225. The fourth-order valence-electron chi connectivity index (χ4n) is 5.36. The lowest BCUT2D eigenvalue weighted by molar-refractivity contribution is -0.139. The minimum Gasteiger partial charge on any atom is -0.480 e. The van der Waals surface area contributed by atoms with Gasteiger partial charge < -0.3 is 15.2 Å². The monoisotopic (exact) mass is 585 g/mol. The zero-order valence-corrected chi connectivity index (χ0v) is 26.1. The Morgan fingerprint density at radius 2 is 1.85 bits per heavy atom. The van der Waals surface area contributed by atoms with Gasteiger partial charge in [-0.3, -0.25) is 4.79 Å². The summed E-state index contributed by atoms with van der Waals surface area (Å²) in [5, 5.41) is 12.4. The van der Waals surface area contributed by atoms with Gasteiger partial charge in [-0.05, 0) is 84.3 Å². The Morgan fingerprint density at radius 3 is 2.55 bits per heavy atom. The number of hydrogen-bond donors (Lipinski definition) is 2. The van der Waals surface area contributed by atoms with E-state index < -0.39 is 12.0 Å². The quantitative estimate of drug-likeness (QED) is 0.183. The van der Waals surface area contributed by atoms with Gasteiger partial charge in [-0.2, -0.15) is 23.5 Å². The van der Waals surface area contributed by atoms with Gasteiger partial charge in [0.25, 0.3) is 5.91 Å². The molecule has 0 saturated heterocycles. The first kappa shape index (κ1) is 32.6. The lowest BCUT2D eigenvalue weighted by Crippen LogP contribution is -2.41. The number of carbonyl (C=O) groups is 2. The largest absolute Gasteiger partial charge is 0.480 e. The van der Waals surface area contributed by atoms with E-state index >= 15 is 0 Å². The molecule has 220 valence electrons. The van der Waals surface area contributed by atoms with Crippen LogP contribution in [0.5, 0.6) is 0 Å². The zero-order chi connectivity index (χ0) is 28.7. The lowest BCUT2D eigenvalue weighted by Gasteiger charge is -2.27. The number of carboxylic acids is 1. The molecule has 1 saturated carbocycles. The van der Waals surface area contributed by atoms with Crippen LogP contribution in [-0.4, -0.2) is 52.6 Å². The number of amides is 1. The normalized spacial score (nSPS) is 15.5. The van der Waals surface area contributed by atoms with Crippen LogP contribution >= 0.6 is 23.5 Å². The molecule has 5 nitrogen and oxygen atoms in total. The number of rotatable bonds is 17. The van der Waals surface area contributed by atoms with Crippen molar-refractivity contribution < 1.29 is 19.4 Å². The highest BCUT2D eigenvalue weighted by Crippen LogP contribution is 2.31. The van der Waals surface area contributed by atoms with Crippen LogP contribution in [-0.2, 0) is 16.1 Å². The van der Waals surface area contributed by atoms with Crippen molar-refractivity contribution in [2.75, 3.05) is 23.5 Å². The van der Waals surface area contributed by atoms with E-state index in [4.69, 9.17) is 4.74 Å². The van der Waals surface area contributed by atoms with E-state index in [1.165, 1.54) is 50.7 Å². The van der Waals surface area contributed by atoms with E-state index in [2.05, 4.69) is 18.3 Å². The van der Waals surface area contributed by atoms with Gasteiger partial charge in [0, 0.05) is 11.3 Å². The number of benzene rings is 2. The van der Waals surface area contributed by atoms with Crippen molar-refractivity contribution in [2.24, 2.45) is 5.92 Å². The van der Waals surface area contributed by atoms with Gasteiger partial charge in [-0.1, -0.05) is 75.8 Å². The Hall–Kier alpha value is -1.96. The fourth-order valence-corrected chi connectivity index (χ4v) is 6.99. The van der Waals surface area contributed by atoms with Crippen LogP contribution in [0.3, 0.4) is 0 Å². The van der Waals surface area contributed by atoms with Crippen molar-refractivity contribution in [3.63, 3.8) is 0 Å². The Bertz CT molecular complexity index is 1070. The van der Waals surface area contributed by atoms with Gasteiger partial charge in [-0.15, -0.1) is 0 Å². The molecule has 3 rings (SSSR count). The van der Waals surface area contributed by atoms with E-state index in [0.717, 1.165) is 40.3 Å². The van der Waals surface area contributed by atoms with Crippen molar-refractivity contribution in [3.05, 3.63) is 59.2 Å². The average molecular weight is 586 g/mol. The molecule has 0 aliphatic heterocycles. The predicted octanol–water partition coefficient (Wildman–Crippen LogP) is 7.99. The molecule has 1 amide bonds. The van der Waals surface area contributed by atoms with Crippen LogP contribution in [0.25, 0.3) is 11.1 Å². The van der Waals surface area contributed by atoms with E-state index in [0.29, 0.717) is 24.3 Å². The molecule has 40 heavy (non-hydrogen) atoms. The van der Waals surface area contributed by atoms with Gasteiger partial charge in [0.15, 0.2) is 0 Å². The number of hydrogen-bond acceptors (Lipinski definition) is 5. The highest BCUT2D eigenvalue weighted by Gasteiger charge is 2.24. The zero-order valence-electron chi connectivity index (χ0n) is 24.5. The maximum Gasteiger partial charge on any atom is 0.326 e. The summed E-state index contributed by atoms with van der Waals surface area (Å²) in [7, 11) is 0. The third-order valence-electron chi connectivity index (χ3n) is 7.73. The molecule has 7 heteroatoms. The summed E-state index contributed by atoms with van der Waals surface area (Å²) < 4.78 is 6.57. The molecule has 2 N–H and O–H groups in total. The molecule has 2 aromatic rings. The van der Waals surface area contributed by atoms with Crippen LogP contribution in [0, 0.1) is 12.8 Å². The number of thioether (sulfide) groups is 2. The smallest absolute Gasteiger partial charge is 0.326 e. The SMILES string of the molecule is CCCCSCC(CC1CCCCC1)OCc1ccc(C(=O)N[C@@H](CCSC)C(=O)O)c(-c2ccccc2C)c1.